The Morgan fingerprint density at radius 1 is 0.793 bits per heavy atom. The second kappa shape index (κ2) is 7.27. The highest BCUT2D eigenvalue weighted by atomic mass is 16.6. The number of aryl methyl sites for hydroxylation is 2. The molecule has 0 atom stereocenters. The molecule has 0 N–H and O–H groups in total. The van der Waals surface area contributed by atoms with Gasteiger partial charge in [0.05, 0.1) is 0 Å². The van der Waals surface area contributed by atoms with Crippen molar-refractivity contribution in [1.29, 1.82) is 0 Å². The van der Waals surface area contributed by atoms with E-state index in [1.165, 1.54) is 18.2 Å². The lowest BCUT2D eigenvalue weighted by Crippen LogP contribution is -2.17. The van der Waals surface area contributed by atoms with Crippen molar-refractivity contribution in [2.75, 3.05) is 6.61 Å². The highest BCUT2D eigenvalue weighted by Crippen LogP contribution is 2.24. The number of fused-ring (bicyclic) bond motifs is 2. The number of carbonyl (C=O) groups is 1. The van der Waals surface area contributed by atoms with Crippen LogP contribution in [0.1, 0.15) is 11.1 Å². The van der Waals surface area contributed by atoms with Crippen molar-refractivity contribution in [2.45, 2.75) is 13.8 Å². The van der Waals surface area contributed by atoms with Crippen LogP contribution in [0.15, 0.2) is 67.0 Å². The van der Waals surface area contributed by atoms with E-state index >= 15 is 0 Å². The summed E-state index contributed by atoms with van der Waals surface area (Å²) in [5.74, 6) is 0.0766. The summed E-state index contributed by atoms with van der Waals surface area (Å²) >= 11 is 0. The van der Waals surface area contributed by atoms with Crippen molar-refractivity contribution >= 4 is 27.9 Å². The number of hydrogen-bond acceptors (Lipinski definition) is 7. The van der Waals surface area contributed by atoms with E-state index in [1.54, 1.807) is 37.3 Å². The third-order valence-corrected chi connectivity index (χ3v) is 4.43. The SMILES string of the molecule is Cc1cc(=O)oc2cc(OCC(=O)Oc3ccc4oc(=O)cc(C)c4c3)ccc12. The van der Waals surface area contributed by atoms with Gasteiger partial charge in [0.2, 0.25) is 0 Å². The van der Waals surface area contributed by atoms with Crippen molar-refractivity contribution in [3.05, 3.63) is 80.5 Å². The lowest BCUT2D eigenvalue weighted by Gasteiger charge is -2.09. The molecule has 0 saturated heterocycles. The van der Waals surface area contributed by atoms with Crippen LogP contribution in [0.25, 0.3) is 21.9 Å². The molecule has 0 bridgehead atoms. The van der Waals surface area contributed by atoms with Crippen LogP contribution in [0.5, 0.6) is 11.5 Å². The van der Waals surface area contributed by atoms with E-state index in [-0.39, 0.29) is 6.61 Å². The van der Waals surface area contributed by atoms with Crippen LogP contribution < -0.4 is 20.7 Å². The van der Waals surface area contributed by atoms with Gasteiger partial charge in [0.25, 0.3) is 0 Å². The fraction of sp³-hybridized carbons (Fsp3) is 0.136. The molecule has 0 spiro atoms. The van der Waals surface area contributed by atoms with Crippen molar-refractivity contribution < 1.29 is 23.1 Å². The summed E-state index contributed by atoms with van der Waals surface area (Å²) in [6, 6.07) is 12.5. The van der Waals surface area contributed by atoms with Gasteiger partial charge >= 0.3 is 17.2 Å². The van der Waals surface area contributed by atoms with Crippen molar-refractivity contribution in [2.24, 2.45) is 0 Å². The van der Waals surface area contributed by atoms with Crippen LogP contribution in [0, 0.1) is 13.8 Å². The molecule has 7 nitrogen and oxygen atoms in total. The summed E-state index contributed by atoms with van der Waals surface area (Å²) in [7, 11) is 0. The molecule has 0 saturated carbocycles. The third kappa shape index (κ3) is 3.89. The number of esters is 1. The summed E-state index contributed by atoms with van der Waals surface area (Å²) < 4.78 is 21.0. The summed E-state index contributed by atoms with van der Waals surface area (Å²) in [4.78, 5) is 35.1. The molecule has 2 aromatic heterocycles. The maximum atomic E-state index is 12.1. The van der Waals surface area contributed by atoms with E-state index in [2.05, 4.69) is 0 Å². The molecule has 0 fully saturated rings. The van der Waals surface area contributed by atoms with Crippen molar-refractivity contribution in [3.63, 3.8) is 0 Å². The molecule has 0 radical (unpaired) electrons. The Morgan fingerprint density at radius 3 is 2.21 bits per heavy atom. The number of benzene rings is 2. The summed E-state index contributed by atoms with van der Waals surface area (Å²) in [5.41, 5.74) is 1.43. The molecule has 4 aromatic rings. The highest BCUT2D eigenvalue weighted by molar-refractivity contribution is 5.83. The first-order valence-corrected chi connectivity index (χ1v) is 8.81. The molecule has 0 unspecified atom stereocenters. The van der Waals surface area contributed by atoms with Crippen LogP contribution in [0.4, 0.5) is 0 Å². The van der Waals surface area contributed by atoms with Crippen LogP contribution in [0.3, 0.4) is 0 Å². The van der Waals surface area contributed by atoms with Gasteiger partial charge in [0.15, 0.2) is 6.61 Å². The Balaban J connectivity index is 1.47. The minimum absolute atomic E-state index is 0.309. The van der Waals surface area contributed by atoms with Gasteiger partial charge < -0.3 is 18.3 Å². The monoisotopic (exact) mass is 392 g/mol. The van der Waals surface area contributed by atoms with Gasteiger partial charge in [-0.3, -0.25) is 0 Å². The van der Waals surface area contributed by atoms with Crippen LogP contribution in [-0.2, 0) is 4.79 Å². The fourth-order valence-electron chi connectivity index (χ4n) is 3.06. The summed E-state index contributed by atoms with van der Waals surface area (Å²) in [6.07, 6.45) is 0. The number of hydrogen-bond donors (Lipinski definition) is 0. The molecule has 0 aliphatic carbocycles. The number of carbonyl (C=O) groups excluding carboxylic acids is 1. The lowest BCUT2D eigenvalue weighted by atomic mass is 10.1. The predicted octanol–water partition coefficient (Wildman–Crippen LogP) is 3.50. The zero-order valence-electron chi connectivity index (χ0n) is 15.7. The van der Waals surface area contributed by atoms with Crippen LogP contribution in [0.2, 0.25) is 0 Å². The second-order valence-corrected chi connectivity index (χ2v) is 6.58. The summed E-state index contributed by atoms with van der Waals surface area (Å²) in [6.45, 7) is 3.25. The molecule has 0 aliphatic rings. The molecule has 2 heterocycles. The first-order chi connectivity index (χ1) is 13.9. The van der Waals surface area contributed by atoms with Crippen LogP contribution >= 0.6 is 0 Å². The van der Waals surface area contributed by atoms with E-state index < -0.39 is 17.2 Å². The van der Waals surface area contributed by atoms with Crippen LogP contribution in [-0.4, -0.2) is 12.6 Å². The maximum absolute atomic E-state index is 12.1. The lowest BCUT2D eigenvalue weighted by molar-refractivity contribution is -0.136. The summed E-state index contributed by atoms with van der Waals surface area (Å²) in [5, 5.41) is 1.47. The topological polar surface area (TPSA) is 95.9 Å². The Hall–Kier alpha value is -3.87. The molecular formula is C22H16O7. The number of rotatable bonds is 4. The fourth-order valence-corrected chi connectivity index (χ4v) is 3.06. The Morgan fingerprint density at radius 2 is 1.45 bits per heavy atom. The molecular weight excluding hydrogens is 376 g/mol. The van der Waals surface area contributed by atoms with Gasteiger partial charge in [0, 0.05) is 29.0 Å². The third-order valence-electron chi connectivity index (χ3n) is 4.43. The average molecular weight is 392 g/mol. The highest BCUT2D eigenvalue weighted by Gasteiger charge is 2.10. The molecule has 29 heavy (non-hydrogen) atoms. The molecule has 146 valence electrons. The quantitative estimate of drug-likeness (QED) is 0.298. The molecule has 0 aliphatic heterocycles. The van der Waals surface area contributed by atoms with Gasteiger partial charge in [-0.05, 0) is 55.3 Å². The second-order valence-electron chi connectivity index (χ2n) is 6.58. The molecule has 0 amide bonds. The van der Waals surface area contributed by atoms with Crippen molar-refractivity contribution in [1.82, 2.24) is 0 Å². The smallest absolute Gasteiger partial charge is 0.349 e. The van der Waals surface area contributed by atoms with Crippen molar-refractivity contribution in [3.8, 4) is 11.5 Å². The van der Waals surface area contributed by atoms with E-state index in [0.717, 1.165) is 16.5 Å². The maximum Gasteiger partial charge on any atom is 0.349 e. The normalized spacial score (nSPS) is 11.0. The predicted molar refractivity (Wildman–Crippen MR) is 106 cm³/mol. The van der Waals surface area contributed by atoms with E-state index in [9.17, 15) is 14.4 Å². The van der Waals surface area contributed by atoms with Gasteiger partial charge in [-0.25, -0.2) is 14.4 Å². The first-order valence-electron chi connectivity index (χ1n) is 8.81. The largest absolute Gasteiger partial charge is 0.482 e. The Bertz CT molecular complexity index is 1360. The minimum atomic E-state index is -0.606. The van der Waals surface area contributed by atoms with E-state index in [4.69, 9.17) is 18.3 Å². The Kier molecular flexibility index (Phi) is 4.64. The Labute approximate surface area is 164 Å². The van der Waals surface area contributed by atoms with E-state index in [0.29, 0.717) is 28.1 Å². The van der Waals surface area contributed by atoms with Gasteiger partial charge in [-0.2, -0.15) is 0 Å². The number of ether oxygens (including phenoxy) is 2. The standard InChI is InChI=1S/C22H16O7/c1-12-7-21(24)29-19-10-14(3-5-16(12)19)26-11-22(25)27-15-4-6-18-17(9-15)13(2)8-20(23)28-18/h3-10H,11H2,1-2H3. The molecule has 7 heteroatoms. The molecule has 2 aromatic carbocycles. The van der Waals surface area contributed by atoms with Gasteiger partial charge in [-0.15, -0.1) is 0 Å². The van der Waals surface area contributed by atoms with Gasteiger partial charge in [0.1, 0.15) is 22.7 Å². The molecule has 4 rings (SSSR count). The zero-order valence-corrected chi connectivity index (χ0v) is 15.7. The van der Waals surface area contributed by atoms with E-state index in [1.807, 2.05) is 6.92 Å². The minimum Gasteiger partial charge on any atom is -0.482 e. The zero-order chi connectivity index (χ0) is 20.5. The first kappa shape index (κ1) is 18.5. The van der Waals surface area contributed by atoms with Gasteiger partial charge in [-0.1, -0.05) is 0 Å². The average Bonchev–Trinajstić information content (AvgIpc) is 2.66.